The monoisotopic (exact) mass is 374 g/mol. The minimum atomic E-state index is -1.20. The number of carbonyl (C=O) groups excluding carboxylic acids is 2. The van der Waals surface area contributed by atoms with Gasteiger partial charge >= 0.3 is 6.09 Å². The summed E-state index contributed by atoms with van der Waals surface area (Å²) in [6.45, 7) is 2.03. The Morgan fingerprint density at radius 3 is 2.67 bits per heavy atom. The summed E-state index contributed by atoms with van der Waals surface area (Å²) < 4.78 is 32.5. The number of amides is 2. The lowest BCUT2D eigenvalue weighted by molar-refractivity contribution is -0.125. The highest BCUT2D eigenvalue weighted by molar-refractivity contribution is 6.00. The number of carbonyl (C=O) groups is 2. The Kier molecular flexibility index (Phi) is 5.39. The molecule has 2 aromatic carbocycles. The minimum Gasteiger partial charge on any atom is -0.445 e. The molecule has 1 heterocycles. The summed E-state index contributed by atoms with van der Waals surface area (Å²) >= 11 is 0. The maximum absolute atomic E-state index is 13.8. The maximum Gasteiger partial charge on any atom is 0.410 e. The van der Waals surface area contributed by atoms with Crippen LogP contribution in [0.2, 0.25) is 0 Å². The van der Waals surface area contributed by atoms with Gasteiger partial charge in [-0.15, -0.1) is 0 Å². The van der Waals surface area contributed by atoms with Gasteiger partial charge in [0.05, 0.1) is 5.69 Å². The minimum absolute atomic E-state index is 0.0897. The van der Waals surface area contributed by atoms with E-state index < -0.39 is 29.2 Å². The van der Waals surface area contributed by atoms with Crippen LogP contribution in [-0.4, -0.2) is 29.0 Å². The smallest absolute Gasteiger partial charge is 0.410 e. The molecule has 0 radical (unpaired) electrons. The zero-order chi connectivity index (χ0) is 19.4. The van der Waals surface area contributed by atoms with Crippen molar-refractivity contribution in [2.45, 2.75) is 31.9 Å². The number of halogens is 2. The van der Waals surface area contributed by atoms with Gasteiger partial charge in [-0.2, -0.15) is 0 Å². The van der Waals surface area contributed by atoms with E-state index in [1.807, 2.05) is 30.3 Å². The van der Waals surface area contributed by atoms with Crippen molar-refractivity contribution < 1.29 is 23.1 Å². The number of nitrogens with one attached hydrogen (secondary N) is 1. The summed E-state index contributed by atoms with van der Waals surface area (Å²) in [4.78, 5) is 26.6. The standard InChI is InChI=1S/C20H20F2N2O3/c1-20(18(25)23-17-12-15(21)8-9-16(17)22)10-5-11-24(20)19(26)27-13-14-6-3-2-4-7-14/h2-4,6-9,12H,5,10-11,13H2,1H3,(H,23,25). The van der Waals surface area contributed by atoms with Gasteiger partial charge in [-0.3, -0.25) is 9.69 Å². The maximum atomic E-state index is 13.8. The molecule has 0 spiro atoms. The number of benzene rings is 2. The molecule has 7 heteroatoms. The summed E-state index contributed by atoms with van der Waals surface area (Å²) in [5, 5.41) is 2.39. The molecule has 0 aromatic heterocycles. The topological polar surface area (TPSA) is 58.6 Å². The van der Waals surface area contributed by atoms with Gasteiger partial charge in [-0.1, -0.05) is 30.3 Å². The molecule has 0 bridgehead atoms. The highest BCUT2D eigenvalue weighted by Crippen LogP contribution is 2.31. The predicted molar refractivity (Wildman–Crippen MR) is 96.0 cm³/mol. The molecule has 142 valence electrons. The summed E-state index contributed by atoms with van der Waals surface area (Å²) in [5.41, 5.74) is -0.629. The van der Waals surface area contributed by atoms with Gasteiger partial charge in [0.15, 0.2) is 0 Å². The van der Waals surface area contributed by atoms with Crippen LogP contribution in [0, 0.1) is 11.6 Å². The first-order valence-corrected chi connectivity index (χ1v) is 8.65. The summed E-state index contributed by atoms with van der Waals surface area (Å²) in [5.74, 6) is -1.99. The van der Waals surface area contributed by atoms with Crippen LogP contribution in [0.5, 0.6) is 0 Å². The van der Waals surface area contributed by atoms with Crippen molar-refractivity contribution in [3.63, 3.8) is 0 Å². The van der Waals surface area contributed by atoms with Crippen LogP contribution in [0.4, 0.5) is 19.3 Å². The first-order valence-electron chi connectivity index (χ1n) is 8.65. The van der Waals surface area contributed by atoms with Crippen molar-refractivity contribution in [3.8, 4) is 0 Å². The number of nitrogens with zero attached hydrogens (tertiary/aromatic N) is 1. The van der Waals surface area contributed by atoms with Crippen LogP contribution >= 0.6 is 0 Å². The van der Waals surface area contributed by atoms with Crippen molar-refractivity contribution in [2.75, 3.05) is 11.9 Å². The fourth-order valence-corrected chi connectivity index (χ4v) is 3.14. The second-order valence-electron chi connectivity index (χ2n) is 6.65. The number of ether oxygens (including phenoxy) is 1. The molecule has 2 aromatic rings. The molecule has 1 unspecified atom stereocenters. The molecule has 1 atom stereocenters. The SMILES string of the molecule is CC1(C(=O)Nc2cc(F)ccc2F)CCCN1C(=O)OCc1ccccc1. The Labute approximate surface area is 155 Å². The van der Waals surface area contributed by atoms with Gasteiger partial charge in [0, 0.05) is 12.6 Å². The van der Waals surface area contributed by atoms with Gasteiger partial charge in [0.2, 0.25) is 5.91 Å². The highest BCUT2D eigenvalue weighted by atomic mass is 19.1. The number of rotatable bonds is 4. The fraction of sp³-hybridized carbons (Fsp3) is 0.300. The first-order chi connectivity index (χ1) is 12.9. The van der Waals surface area contributed by atoms with Crippen molar-refractivity contribution >= 4 is 17.7 Å². The number of anilines is 1. The van der Waals surface area contributed by atoms with Crippen LogP contribution in [0.1, 0.15) is 25.3 Å². The fourth-order valence-electron chi connectivity index (χ4n) is 3.14. The van der Waals surface area contributed by atoms with Crippen LogP contribution in [0.15, 0.2) is 48.5 Å². The quantitative estimate of drug-likeness (QED) is 0.877. The predicted octanol–water partition coefficient (Wildman–Crippen LogP) is 4.09. The zero-order valence-corrected chi connectivity index (χ0v) is 14.9. The largest absolute Gasteiger partial charge is 0.445 e. The van der Waals surface area contributed by atoms with E-state index in [9.17, 15) is 18.4 Å². The molecule has 5 nitrogen and oxygen atoms in total. The molecule has 0 aliphatic carbocycles. The highest BCUT2D eigenvalue weighted by Gasteiger charge is 2.46. The molecule has 27 heavy (non-hydrogen) atoms. The second kappa shape index (κ2) is 7.73. The van der Waals surface area contributed by atoms with Gasteiger partial charge < -0.3 is 10.1 Å². The lowest BCUT2D eigenvalue weighted by Crippen LogP contribution is -2.53. The Hall–Kier alpha value is -2.96. The first kappa shape index (κ1) is 18.8. The van der Waals surface area contributed by atoms with Crippen LogP contribution < -0.4 is 5.32 Å². The molecule has 2 amide bonds. The van der Waals surface area contributed by atoms with Crippen molar-refractivity contribution in [1.29, 1.82) is 0 Å². The third kappa shape index (κ3) is 4.07. The van der Waals surface area contributed by atoms with Gasteiger partial charge in [0.25, 0.3) is 0 Å². The third-order valence-corrected chi connectivity index (χ3v) is 4.73. The van der Waals surface area contributed by atoms with E-state index in [1.54, 1.807) is 6.92 Å². The summed E-state index contributed by atoms with van der Waals surface area (Å²) in [7, 11) is 0. The molecule has 1 aliphatic rings. The van der Waals surface area contributed by atoms with E-state index in [0.29, 0.717) is 19.4 Å². The lowest BCUT2D eigenvalue weighted by Gasteiger charge is -2.33. The number of hydrogen-bond acceptors (Lipinski definition) is 3. The zero-order valence-electron chi connectivity index (χ0n) is 14.9. The number of likely N-dealkylation sites (tertiary alicyclic amines) is 1. The van der Waals surface area contributed by atoms with Crippen molar-refractivity contribution in [3.05, 3.63) is 65.7 Å². The van der Waals surface area contributed by atoms with Crippen molar-refractivity contribution in [2.24, 2.45) is 0 Å². The van der Waals surface area contributed by atoms with Gasteiger partial charge in [0.1, 0.15) is 23.8 Å². The van der Waals surface area contributed by atoms with E-state index in [2.05, 4.69) is 5.32 Å². The molecule has 3 rings (SSSR count). The Morgan fingerprint density at radius 1 is 1.19 bits per heavy atom. The number of hydrogen-bond donors (Lipinski definition) is 1. The van der Waals surface area contributed by atoms with E-state index >= 15 is 0 Å². The third-order valence-electron chi connectivity index (χ3n) is 4.73. The van der Waals surface area contributed by atoms with Crippen LogP contribution in [-0.2, 0) is 16.1 Å². The lowest BCUT2D eigenvalue weighted by atomic mass is 9.97. The normalized spacial score (nSPS) is 19.0. The Balaban J connectivity index is 1.70. The second-order valence-corrected chi connectivity index (χ2v) is 6.65. The molecule has 1 fully saturated rings. The summed E-state index contributed by atoms with van der Waals surface area (Å²) in [6, 6.07) is 12.0. The molecular formula is C20H20F2N2O3. The van der Waals surface area contributed by atoms with E-state index in [4.69, 9.17) is 4.74 Å². The summed E-state index contributed by atoms with van der Waals surface area (Å²) in [6.07, 6.45) is 0.389. The van der Waals surface area contributed by atoms with Crippen LogP contribution in [0.3, 0.4) is 0 Å². The van der Waals surface area contributed by atoms with Crippen molar-refractivity contribution in [1.82, 2.24) is 4.90 Å². The van der Waals surface area contributed by atoms with Gasteiger partial charge in [-0.25, -0.2) is 13.6 Å². The Bertz CT molecular complexity index is 844. The molecular weight excluding hydrogens is 354 g/mol. The van der Waals surface area contributed by atoms with E-state index in [1.165, 1.54) is 4.90 Å². The Morgan fingerprint density at radius 2 is 1.93 bits per heavy atom. The average Bonchev–Trinajstić information content (AvgIpc) is 3.07. The molecule has 1 N–H and O–H groups in total. The molecule has 1 aliphatic heterocycles. The average molecular weight is 374 g/mol. The molecule has 1 saturated heterocycles. The van der Waals surface area contributed by atoms with Crippen LogP contribution in [0.25, 0.3) is 0 Å². The van der Waals surface area contributed by atoms with Gasteiger partial charge in [-0.05, 0) is 37.5 Å². The molecule has 0 saturated carbocycles. The van der Waals surface area contributed by atoms with E-state index in [-0.39, 0.29) is 12.3 Å². The van der Waals surface area contributed by atoms with E-state index in [0.717, 1.165) is 23.8 Å².